The number of hydrogen-bond acceptors (Lipinski definition) is 8. The minimum absolute atomic E-state index is 0.0331. The quantitative estimate of drug-likeness (QED) is 0.0986. The van der Waals surface area contributed by atoms with Gasteiger partial charge in [-0.2, -0.15) is 13.2 Å². The fourth-order valence-electron chi connectivity index (χ4n) is 20.2. The van der Waals surface area contributed by atoms with Crippen LogP contribution in [0.3, 0.4) is 0 Å². The molecule has 0 aliphatic heterocycles. The molecular formula is C119H91F21OS7. The van der Waals surface area contributed by atoms with E-state index in [9.17, 15) is 92.2 Å². The maximum absolute atomic E-state index is 14.9. The lowest BCUT2D eigenvalue weighted by molar-refractivity contribution is -0.275. The SMILES string of the molecule is Cc1ccc2c(sc3c(F)c(C4CCCC4)ccc32)c1F.Cc1ccc2c(sc3c(F)c(CC4CC4)ccc32)c1F.Cc1ccc2c(sc3c(F)c(CC4CC4)ccc32)c1F.Cc1ccc2c(sc3c(F)c(CC4CC4)ccc32)c1F.Fc1c(CC2CC2)ccc2c1sc1c(F)c(C(F)(F)F)ccc12.Fc1c(CC2CC2)ccc2c1sc1c(F)c(OC(F)(F)F)ccc12.Fc1ccc2c(sc3c(F)c(CC4CC4)ccc32)c1F. The topological polar surface area (TPSA) is 9.23 Å². The maximum atomic E-state index is 14.9. The summed E-state index contributed by atoms with van der Waals surface area (Å²) in [6, 6.07) is 47.2. The van der Waals surface area contributed by atoms with Crippen LogP contribution < -0.4 is 4.74 Å². The van der Waals surface area contributed by atoms with Crippen LogP contribution in [-0.2, 0) is 44.7 Å². The smallest absolute Gasteiger partial charge is 0.403 e. The number of aryl methyl sites for hydroxylation is 4. The molecule has 762 valence electrons. The predicted octanol–water partition coefficient (Wildman–Crippen LogP) is 41.0. The number of hydrogen-bond donors (Lipinski definition) is 0. The van der Waals surface area contributed by atoms with Gasteiger partial charge >= 0.3 is 12.5 Å². The Hall–Kier alpha value is -11.1. The molecule has 21 aromatic rings. The van der Waals surface area contributed by atoms with Gasteiger partial charge in [0, 0.05) is 75.4 Å². The Bertz CT molecular complexity index is 8320. The molecule has 7 saturated carbocycles. The lowest BCUT2D eigenvalue weighted by atomic mass is 9.96. The fraction of sp³-hybridized carbons (Fsp3) is 0.294. The molecule has 148 heavy (non-hydrogen) atoms. The molecule has 7 fully saturated rings. The van der Waals surface area contributed by atoms with E-state index in [-0.39, 0.29) is 75.9 Å². The Balaban J connectivity index is 0.0000000980. The Kier molecular flexibility index (Phi) is 27.6. The van der Waals surface area contributed by atoms with Gasteiger partial charge in [0.1, 0.15) is 64.0 Å². The Labute approximate surface area is 863 Å². The summed E-state index contributed by atoms with van der Waals surface area (Å²) in [4.78, 5) is 0. The molecule has 1 nitrogen and oxygen atoms in total. The van der Waals surface area contributed by atoms with Gasteiger partial charge < -0.3 is 4.74 Å². The van der Waals surface area contributed by atoms with Gasteiger partial charge in [0.05, 0.1) is 71.4 Å². The van der Waals surface area contributed by atoms with Gasteiger partial charge in [-0.15, -0.1) is 92.5 Å². The fourth-order valence-corrected chi connectivity index (χ4v) is 28.8. The van der Waals surface area contributed by atoms with E-state index in [2.05, 4.69) is 4.74 Å². The summed E-state index contributed by atoms with van der Waals surface area (Å²) in [5.74, 6) is -3.77. The number of rotatable bonds is 14. The van der Waals surface area contributed by atoms with Crippen molar-refractivity contribution in [1.29, 1.82) is 0 Å². The highest BCUT2D eigenvalue weighted by Gasteiger charge is 2.39. The third-order valence-corrected chi connectivity index (χ3v) is 38.0. The van der Waals surface area contributed by atoms with Gasteiger partial charge in [0.15, 0.2) is 29.0 Å². The molecular weight excluding hydrogens is 2070 g/mol. The largest absolute Gasteiger partial charge is 0.573 e. The van der Waals surface area contributed by atoms with E-state index in [1.54, 1.807) is 82.3 Å². The molecule has 0 radical (unpaired) electrons. The van der Waals surface area contributed by atoms with E-state index in [0.29, 0.717) is 168 Å². The number of alkyl halides is 6. The second-order valence-corrected chi connectivity index (χ2v) is 47.7. The average Bonchev–Trinajstić information content (AvgIpc) is 1.63. The van der Waals surface area contributed by atoms with E-state index in [1.807, 2.05) is 78.9 Å². The van der Waals surface area contributed by atoms with Crippen LogP contribution in [0.2, 0.25) is 0 Å². The van der Waals surface area contributed by atoms with Crippen molar-refractivity contribution in [2.45, 2.75) is 187 Å². The summed E-state index contributed by atoms with van der Waals surface area (Å²) >= 11 is 7.55. The highest BCUT2D eigenvalue weighted by atomic mass is 32.1. The molecule has 28 rings (SSSR count). The molecule has 0 spiro atoms. The summed E-state index contributed by atoms with van der Waals surface area (Å²) in [6.45, 7) is 6.98. The van der Waals surface area contributed by atoms with E-state index < -0.39 is 58.8 Å². The van der Waals surface area contributed by atoms with Crippen LogP contribution in [-0.4, -0.2) is 6.36 Å². The molecule has 0 atom stereocenters. The van der Waals surface area contributed by atoms with Crippen molar-refractivity contribution < 1.29 is 96.9 Å². The second kappa shape index (κ2) is 40.3. The number of thiophene rings is 7. The summed E-state index contributed by atoms with van der Waals surface area (Å²) < 4.78 is 300. The summed E-state index contributed by atoms with van der Waals surface area (Å²) in [7, 11) is 0. The van der Waals surface area contributed by atoms with Gasteiger partial charge in [-0.25, -0.2) is 65.9 Å². The van der Waals surface area contributed by atoms with Crippen LogP contribution in [0, 0.1) is 150 Å². The third kappa shape index (κ3) is 20.1. The third-order valence-electron chi connectivity index (χ3n) is 29.6. The standard InChI is InChI=1S/C18H16F2S.C17H11F5OS.C17H11F5S.3C17H14F2S.C16H11F3S/c1-10-6-7-13-14-9-8-12(11-4-2-3-5-11)16(20)18(14)21-17(13)15(10)19;18-13-9(7-8-1-2-8)3-4-10-11-5-6-12(23-17(20,21)22)14(19)16(11)24-15(10)13;18-13-9(7-8-1-2-8)3-4-10-11-5-6-12(17(20,21)22)14(19)16(11)23-15(10)13;3*1-9-2-6-12-13-7-5-11(8-10-3-4-10)15(19)17(13)20-16(12)14(9)18;17-12-6-5-11-10-4-3-9(7-8-1-2-8)13(18)15(10)20-16(11)14(12)19/h6-9,11H,2-5H2,1H3;3-6,8H,1-2,7H2;3-6,8H,1-2,7H2;3*2,5-7,10H,3-4,8H2,1H3;3-6,8H,1-2,7H2. The molecule has 0 N–H and O–H groups in total. The predicted molar refractivity (Wildman–Crippen MR) is 565 cm³/mol. The molecule has 7 heterocycles. The maximum Gasteiger partial charge on any atom is 0.573 e. The zero-order valence-electron chi connectivity index (χ0n) is 80.0. The Morgan fingerprint density at radius 1 is 0.216 bits per heavy atom. The van der Waals surface area contributed by atoms with Crippen LogP contribution in [0.4, 0.5) is 92.2 Å². The number of halogens is 21. The first-order chi connectivity index (χ1) is 70.9. The highest BCUT2D eigenvalue weighted by molar-refractivity contribution is 7.28. The van der Waals surface area contributed by atoms with Crippen molar-refractivity contribution in [2.24, 2.45) is 35.5 Å². The van der Waals surface area contributed by atoms with Crippen LogP contribution in [0.15, 0.2) is 170 Å². The Morgan fingerprint density at radius 2 is 0.426 bits per heavy atom. The average molecular weight is 2160 g/mol. The molecule has 29 heteroatoms. The number of fused-ring (bicyclic) bond motifs is 21. The highest BCUT2D eigenvalue weighted by Crippen LogP contribution is 2.52. The first-order valence-electron chi connectivity index (χ1n) is 49.6. The molecule has 14 aromatic carbocycles. The molecule has 0 amide bonds. The zero-order chi connectivity index (χ0) is 103. The van der Waals surface area contributed by atoms with Crippen molar-refractivity contribution in [2.75, 3.05) is 0 Å². The van der Waals surface area contributed by atoms with E-state index in [0.717, 1.165) is 195 Å². The first-order valence-corrected chi connectivity index (χ1v) is 55.3. The normalized spacial score (nSPS) is 15.5. The van der Waals surface area contributed by atoms with Crippen molar-refractivity contribution in [3.8, 4) is 5.75 Å². The van der Waals surface area contributed by atoms with Crippen LogP contribution >= 0.6 is 79.4 Å². The van der Waals surface area contributed by atoms with E-state index in [4.69, 9.17) is 0 Å². The van der Waals surface area contributed by atoms with Gasteiger partial charge in [0.25, 0.3) is 0 Å². The monoisotopic (exact) mass is 2160 g/mol. The molecule has 0 bridgehead atoms. The zero-order valence-corrected chi connectivity index (χ0v) is 85.7. The minimum Gasteiger partial charge on any atom is -0.403 e. The lowest BCUT2D eigenvalue weighted by Gasteiger charge is -2.10. The molecule has 7 aliphatic rings. The van der Waals surface area contributed by atoms with Crippen LogP contribution in [0.25, 0.3) is 141 Å². The minimum atomic E-state index is -4.98. The van der Waals surface area contributed by atoms with Crippen molar-refractivity contribution in [3.63, 3.8) is 0 Å². The molecule has 7 aliphatic carbocycles. The van der Waals surface area contributed by atoms with Gasteiger partial charge in [-0.05, 0) is 289 Å². The van der Waals surface area contributed by atoms with E-state index >= 15 is 0 Å². The second-order valence-electron chi connectivity index (χ2n) is 40.6. The van der Waals surface area contributed by atoms with Crippen LogP contribution in [0.1, 0.15) is 175 Å². The number of benzene rings is 14. The molecule has 0 saturated heterocycles. The van der Waals surface area contributed by atoms with Crippen molar-refractivity contribution >= 4 is 221 Å². The molecule has 7 aromatic heterocycles. The van der Waals surface area contributed by atoms with Crippen LogP contribution in [0.5, 0.6) is 5.75 Å². The Morgan fingerprint density at radius 3 is 0.682 bits per heavy atom. The summed E-state index contributed by atoms with van der Waals surface area (Å²) in [5.41, 5.74) is 6.13. The van der Waals surface area contributed by atoms with E-state index in [1.165, 1.54) is 115 Å². The number of ether oxygens (including phenoxy) is 1. The first kappa shape index (κ1) is 101. The molecule has 0 unspecified atom stereocenters. The summed E-state index contributed by atoms with van der Waals surface area (Å²) in [6.07, 6.45) is 13.1. The van der Waals surface area contributed by atoms with Gasteiger partial charge in [-0.3, -0.25) is 0 Å². The van der Waals surface area contributed by atoms with Gasteiger partial charge in [0.2, 0.25) is 0 Å². The van der Waals surface area contributed by atoms with Gasteiger partial charge in [-0.1, -0.05) is 152 Å². The van der Waals surface area contributed by atoms with Crippen molar-refractivity contribution in [3.05, 3.63) is 324 Å². The van der Waals surface area contributed by atoms with Crippen molar-refractivity contribution in [1.82, 2.24) is 0 Å². The summed E-state index contributed by atoms with van der Waals surface area (Å²) in [5, 5.41) is 9.58. The lowest BCUT2D eigenvalue weighted by Crippen LogP contribution is -2.17.